The minimum atomic E-state index is 0.676. The molecule has 0 aromatic rings. The van der Waals surface area contributed by atoms with Gasteiger partial charge in [-0.3, -0.25) is 0 Å². The summed E-state index contributed by atoms with van der Waals surface area (Å²) in [6.07, 6.45) is 4.23. The Morgan fingerprint density at radius 2 is 1.83 bits per heavy atom. The first kappa shape index (κ1) is 10.0. The summed E-state index contributed by atoms with van der Waals surface area (Å²) >= 11 is 0. The van der Waals surface area contributed by atoms with Crippen LogP contribution in [-0.2, 0) is 0 Å². The van der Waals surface area contributed by atoms with Gasteiger partial charge in [-0.1, -0.05) is 27.2 Å². The van der Waals surface area contributed by atoms with Crippen molar-refractivity contribution in [1.82, 2.24) is 5.32 Å². The Morgan fingerprint density at radius 3 is 2.25 bits per heavy atom. The van der Waals surface area contributed by atoms with Crippen molar-refractivity contribution in [2.75, 3.05) is 0 Å². The first-order valence-electron chi connectivity index (χ1n) is 5.37. The molecule has 1 N–H and O–H groups in total. The summed E-state index contributed by atoms with van der Waals surface area (Å²) in [5, 5.41) is 3.73. The topological polar surface area (TPSA) is 12.0 Å². The second-order valence-corrected chi connectivity index (χ2v) is 4.71. The van der Waals surface area contributed by atoms with Crippen LogP contribution in [0.3, 0.4) is 0 Å². The monoisotopic (exact) mass is 169 g/mol. The van der Waals surface area contributed by atoms with Gasteiger partial charge in [-0.15, -0.1) is 0 Å². The van der Waals surface area contributed by atoms with Crippen LogP contribution in [0.4, 0.5) is 0 Å². The lowest BCUT2D eigenvalue weighted by Crippen LogP contribution is -2.40. The van der Waals surface area contributed by atoms with Crippen LogP contribution >= 0.6 is 0 Å². The molecule has 0 saturated heterocycles. The molecule has 0 bridgehead atoms. The third-order valence-electron chi connectivity index (χ3n) is 3.34. The number of nitrogens with one attached hydrogen (secondary N) is 1. The highest BCUT2D eigenvalue weighted by Crippen LogP contribution is 2.25. The van der Waals surface area contributed by atoms with E-state index in [0.29, 0.717) is 6.04 Å². The third kappa shape index (κ3) is 2.48. The molecule has 0 spiro atoms. The second-order valence-electron chi connectivity index (χ2n) is 4.71. The van der Waals surface area contributed by atoms with E-state index in [9.17, 15) is 0 Å². The molecule has 0 amide bonds. The van der Waals surface area contributed by atoms with E-state index < -0.39 is 0 Å². The van der Waals surface area contributed by atoms with Gasteiger partial charge in [0.15, 0.2) is 0 Å². The smallest absolute Gasteiger partial charge is 0.00952 e. The first-order valence-corrected chi connectivity index (χ1v) is 5.37. The maximum absolute atomic E-state index is 3.73. The molecule has 3 atom stereocenters. The SMILES string of the molecule is CC(C)[C@H](C)N[C@H]1CCC[C@@H]1C. The van der Waals surface area contributed by atoms with Crippen molar-refractivity contribution in [2.24, 2.45) is 11.8 Å². The molecule has 1 nitrogen and oxygen atoms in total. The normalized spacial score (nSPS) is 32.8. The summed E-state index contributed by atoms with van der Waals surface area (Å²) in [6, 6.07) is 1.47. The van der Waals surface area contributed by atoms with Gasteiger partial charge in [0.05, 0.1) is 0 Å². The second kappa shape index (κ2) is 4.27. The Morgan fingerprint density at radius 1 is 1.17 bits per heavy atom. The molecule has 1 aliphatic rings. The molecule has 0 aromatic carbocycles. The average Bonchev–Trinajstić information content (AvgIpc) is 2.36. The van der Waals surface area contributed by atoms with E-state index in [4.69, 9.17) is 0 Å². The summed E-state index contributed by atoms with van der Waals surface area (Å²) in [4.78, 5) is 0. The molecule has 1 aliphatic carbocycles. The van der Waals surface area contributed by atoms with Gasteiger partial charge in [-0.25, -0.2) is 0 Å². The minimum absolute atomic E-state index is 0.676. The molecule has 12 heavy (non-hydrogen) atoms. The van der Waals surface area contributed by atoms with Crippen LogP contribution in [0.5, 0.6) is 0 Å². The number of hydrogen-bond acceptors (Lipinski definition) is 1. The molecule has 72 valence electrons. The summed E-state index contributed by atoms with van der Waals surface area (Å²) in [6.45, 7) is 9.25. The van der Waals surface area contributed by atoms with E-state index >= 15 is 0 Å². The van der Waals surface area contributed by atoms with Crippen LogP contribution in [0, 0.1) is 11.8 Å². The lowest BCUT2D eigenvalue weighted by molar-refractivity contribution is 0.334. The van der Waals surface area contributed by atoms with E-state index in [1.165, 1.54) is 19.3 Å². The fourth-order valence-electron chi connectivity index (χ4n) is 1.92. The summed E-state index contributed by atoms with van der Waals surface area (Å²) < 4.78 is 0. The first-order chi connectivity index (χ1) is 5.61. The largest absolute Gasteiger partial charge is 0.311 e. The third-order valence-corrected chi connectivity index (χ3v) is 3.34. The summed E-state index contributed by atoms with van der Waals surface area (Å²) in [5.41, 5.74) is 0. The van der Waals surface area contributed by atoms with Gasteiger partial charge in [-0.05, 0) is 31.6 Å². The minimum Gasteiger partial charge on any atom is -0.311 e. The van der Waals surface area contributed by atoms with Gasteiger partial charge in [0.1, 0.15) is 0 Å². The fraction of sp³-hybridized carbons (Fsp3) is 1.00. The number of hydrogen-bond donors (Lipinski definition) is 1. The zero-order valence-electron chi connectivity index (χ0n) is 8.93. The lowest BCUT2D eigenvalue weighted by Gasteiger charge is -2.25. The maximum Gasteiger partial charge on any atom is 0.00952 e. The van der Waals surface area contributed by atoms with E-state index in [2.05, 4.69) is 33.0 Å². The molecule has 0 unspecified atom stereocenters. The van der Waals surface area contributed by atoms with Gasteiger partial charge < -0.3 is 5.32 Å². The van der Waals surface area contributed by atoms with Crippen molar-refractivity contribution in [2.45, 2.75) is 59.0 Å². The standard InChI is InChI=1S/C11H23N/c1-8(2)10(4)12-11-7-5-6-9(11)3/h8-12H,5-7H2,1-4H3/t9-,10-,11-/m0/s1. The van der Waals surface area contributed by atoms with Crippen LogP contribution in [0.2, 0.25) is 0 Å². The molecule has 0 radical (unpaired) electrons. The van der Waals surface area contributed by atoms with Crippen molar-refractivity contribution in [3.63, 3.8) is 0 Å². The van der Waals surface area contributed by atoms with Crippen molar-refractivity contribution in [3.05, 3.63) is 0 Å². The van der Waals surface area contributed by atoms with Gasteiger partial charge >= 0.3 is 0 Å². The van der Waals surface area contributed by atoms with Crippen molar-refractivity contribution < 1.29 is 0 Å². The van der Waals surface area contributed by atoms with Crippen LogP contribution in [0.25, 0.3) is 0 Å². The van der Waals surface area contributed by atoms with Crippen LogP contribution < -0.4 is 5.32 Å². The van der Waals surface area contributed by atoms with Gasteiger partial charge in [0.25, 0.3) is 0 Å². The molecule has 1 rings (SSSR count). The number of rotatable bonds is 3. The summed E-state index contributed by atoms with van der Waals surface area (Å²) in [5.74, 6) is 1.66. The van der Waals surface area contributed by atoms with Crippen LogP contribution in [0.1, 0.15) is 47.0 Å². The maximum atomic E-state index is 3.73. The lowest BCUT2D eigenvalue weighted by atomic mass is 10.0. The Kier molecular flexibility index (Phi) is 3.57. The molecule has 1 fully saturated rings. The van der Waals surface area contributed by atoms with Gasteiger partial charge in [-0.2, -0.15) is 0 Å². The van der Waals surface area contributed by atoms with Crippen LogP contribution in [0.15, 0.2) is 0 Å². The molecule has 0 heterocycles. The van der Waals surface area contributed by atoms with E-state index in [-0.39, 0.29) is 0 Å². The van der Waals surface area contributed by atoms with Gasteiger partial charge in [0.2, 0.25) is 0 Å². The highest BCUT2D eigenvalue weighted by atomic mass is 15.0. The molecular formula is C11H23N. The molecule has 1 saturated carbocycles. The Labute approximate surface area is 76.9 Å². The zero-order valence-corrected chi connectivity index (χ0v) is 8.93. The van der Waals surface area contributed by atoms with E-state index in [1.54, 1.807) is 0 Å². The predicted octanol–water partition coefficient (Wildman–Crippen LogP) is 2.81. The quantitative estimate of drug-likeness (QED) is 0.685. The average molecular weight is 169 g/mol. The van der Waals surface area contributed by atoms with E-state index in [0.717, 1.165) is 17.9 Å². The highest BCUT2D eigenvalue weighted by Gasteiger charge is 2.24. The molecule has 0 aromatic heterocycles. The van der Waals surface area contributed by atoms with Crippen molar-refractivity contribution in [1.29, 1.82) is 0 Å². The van der Waals surface area contributed by atoms with Gasteiger partial charge in [0, 0.05) is 12.1 Å². The fourth-order valence-corrected chi connectivity index (χ4v) is 1.92. The van der Waals surface area contributed by atoms with Crippen molar-refractivity contribution >= 4 is 0 Å². The highest BCUT2D eigenvalue weighted by molar-refractivity contribution is 4.82. The summed E-state index contributed by atoms with van der Waals surface area (Å²) in [7, 11) is 0. The Balaban J connectivity index is 2.30. The molecule has 1 heteroatoms. The van der Waals surface area contributed by atoms with E-state index in [1.807, 2.05) is 0 Å². The Bertz CT molecular complexity index is 131. The van der Waals surface area contributed by atoms with Crippen molar-refractivity contribution in [3.8, 4) is 0 Å². The predicted molar refractivity (Wildman–Crippen MR) is 54.2 cm³/mol. The Hall–Kier alpha value is -0.0400. The van der Waals surface area contributed by atoms with Crippen LogP contribution in [-0.4, -0.2) is 12.1 Å². The zero-order chi connectivity index (χ0) is 9.14. The molecular weight excluding hydrogens is 146 g/mol. The molecule has 0 aliphatic heterocycles.